The molecular formula is C19H23NO. The summed E-state index contributed by atoms with van der Waals surface area (Å²) in [6, 6.07) is 18.6. The highest BCUT2D eigenvalue weighted by Gasteiger charge is 2.05. The standard InChI is InChI=1S/C19H23NO/c1-15(18-9-11-19(21-3)12-10-18)14-20-16(2)13-17-7-5-4-6-8-17/h4-13,15,20H,14H2,1-3H3/b16-13+/t15-/m1/s1. The number of nitrogens with one attached hydrogen (secondary N) is 1. The molecule has 0 fully saturated rings. The Morgan fingerprint density at radius 1 is 1.10 bits per heavy atom. The van der Waals surface area contributed by atoms with Crippen LogP contribution in [0.15, 0.2) is 60.3 Å². The van der Waals surface area contributed by atoms with Crippen molar-refractivity contribution in [2.75, 3.05) is 13.7 Å². The lowest BCUT2D eigenvalue weighted by molar-refractivity contribution is 0.414. The van der Waals surface area contributed by atoms with Crippen LogP contribution in [0, 0.1) is 0 Å². The first-order valence-electron chi connectivity index (χ1n) is 7.30. The molecule has 0 radical (unpaired) electrons. The van der Waals surface area contributed by atoms with Crippen LogP contribution < -0.4 is 10.1 Å². The second kappa shape index (κ2) is 7.53. The Morgan fingerprint density at radius 2 is 1.76 bits per heavy atom. The van der Waals surface area contributed by atoms with Crippen LogP contribution in [-0.4, -0.2) is 13.7 Å². The van der Waals surface area contributed by atoms with E-state index >= 15 is 0 Å². The first-order chi connectivity index (χ1) is 10.2. The molecule has 0 heterocycles. The summed E-state index contributed by atoms with van der Waals surface area (Å²) >= 11 is 0. The van der Waals surface area contributed by atoms with E-state index in [2.05, 4.69) is 61.6 Å². The van der Waals surface area contributed by atoms with Crippen LogP contribution >= 0.6 is 0 Å². The van der Waals surface area contributed by atoms with Gasteiger partial charge in [0, 0.05) is 12.2 Å². The van der Waals surface area contributed by atoms with Crippen molar-refractivity contribution in [1.29, 1.82) is 0 Å². The third kappa shape index (κ3) is 4.67. The second-order valence-electron chi connectivity index (χ2n) is 5.29. The van der Waals surface area contributed by atoms with Crippen molar-refractivity contribution in [1.82, 2.24) is 5.32 Å². The fourth-order valence-electron chi connectivity index (χ4n) is 2.21. The van der Waals surface area contributed by atoms with Gasteiger partial charge in [0.2, 0.25) is 0 Å². The largest absolute Gasteiger partial charge is 0.497 e. The summed E-state index contributed by atoms with van der Waals surface area (Å²) in [4.78, 5) is 0. The van der Waals surface area contributed by atoms with Crippen molar-refractivity contribution >= 4 is 6.08 Å². The molecule has 2 rings (SSSR count). The maximum atomic E-state index is 5.19. The van der Waals surface area contributed by atoms with Gasteiger partial charge in [-0.2, -0.15) is 0 Å². The zero-order valence-electron chi connectivity index (χ0n) is 13.0. The molecule has 0 aliphatic carbocycles. The third-order valence-corrected chi connectivity index (χ3v) is 3.55. The van der Waals surface area contributed by atoms with E-state index in [1.54, 1.807) is 7.11 Å². The first-order valence-corrected chi connectivity index (χ1v) is 7.30. The number of hydrogen-bond acceptors (Lipinski definition) is 2. The Bertz CT molecular complexity index is 572. The van der Waals surface area contributed by atoms with Gasteiger partial charge >= 0.3 is 0 Å². The minimum atomic E-state index is 0.454. The number of rotatable bonds is 6. The van der Waals surface area contributed by atoms with Gasteiger partial charge in [-0.05, 0) is 42.2 Å². The molecule has 110 valence electrons. The molecule has 0 unspecified atom stereocenters. The van der Waals surface area contributed by atoms with Crippen molar-refractivity contribution in [3.63, 3.8) is 0 Å². The van der Waals surface area contributed by atoms with E-state index < -0.39 is 0 Å². The van der Waals surface area contributed by atoms with Crippen LogP contribution in [0.1, 0.15) is 30.9 Å². The van der Waals surface area contributed by atoms with Crippen molar-refractivity contribution in [2.24, 2.45) is 0 Å². The zero-order chi connectivity index (χ0) is 15.1. The van der Waals surface area contributed by atoms with Gasteiger partial charge in [0.25, 0.3) is 0 Å². The maximum absolute atomic E-state index is 5.19. The third-order valence-electron chi connectivity index (χ3n) is 3.55. The number of allylic oxidation sites excluding steroid dienone is 1. The molecule has 0 saturated carbocycles. The molecule has 2 heteroatoms. The van der Waals surface area contributed by atoms with E-state index in [0.717, 1.165) is 12.3 Å². The summed E-state index contributed by atoms with van der Waals surface area (Å²) in [6.07, 6.45) is 2.17. The lowest BCUT2D eigenvalue weighted by Gasteiger charge is -2.15. The molecule has 0 aliphatic heterocycles. The molecule has 2 aromatic rings. The molecule has 1 N–H and O–H groups in total. The van der Waals surface area contributed by atoms with Gasteiger partial charge in [-0.25, -0.2) is 0 Å². The number of hydrogen-bond donors (Lipinski definition) is 1. The zero-order valence-corrected chi connectivity index (χ0v) is 13.0. The Hall–Kier alpha value is -2.22. The summed E-state index contributed by atoms with van der Waals surface area (Å²) in [6.45, 7) is 5.25. The summed E-state index contributed by atoms with van der Waals surface area (Å²) in [5.41, 5.74) is 3.72. The first kappa shape index (κ1) is 15.2. The lowest BCUT2D eigenvalue weighted by atomic mass is 10.0. The monoisotopic (exact) mass is 281 g/mol. The summed E-state index contributed by atoms with van der Waals surface area (Å²) in [5.74, 6) is 1.36. The molecule has 2 aromatic carbocycles. The number of methoxy groups -OCH3 is 1. The van der Waals surface area contributed by atoms with Crippen molar-refractivity contribution < 1.29 is 4.74 Å². The predicted molar refractivity (Wildman–Crippen MR) is 89.5 cm³/mol. The van der Waals surface area contributed by atoms with Crippen LogP contribution in [0.2, 0.25) is 0 Å². The van der Waals surface area contributed by atoms with Crippen LogP contribution in [0.4, 0.5) is 0 Å². The molecule has 1 atom stereocenters. The average Bonchev–Trinajstić information content (AvgIpc) is 2.53. The molecule has 0 spiro atoms. The van der Waals surface area contributed by atoms with Gasteiger partial charge in [-0.15, -0.1) is 0 Å². The number of benzene rings is 2. The highest BCUT2D eigenvalue weighted by Crippen LogP contribution is 2.18. The van der Waals surface area contributed by atoms with Gasteiger partial charge in [0.15, 0.2) is 0 Å². The fraction of sp³-hybridized carbons (Fsp3) is 0.263. The van der Waals surface area contributed by atoms with E-state index in [9.17, 15) is 0 Å². The fourth-order valence-corrected chi connectivity index (χ4v) is 2.21. The highest BCUT2D eigenvalue weighted by molar-refractivity contribution is 5.51. The van der Waals surface area contributed by atoms with Crippen LogP contribution in [0.25, 0.3) is 6.08 Å². The summed E-state index contributed by atoms with van der Waals surface area (Å²) in [7, 11) is 1.69. The molecule has 2 nitrogen and oxygen atoms in total. The lowest BCUT2D eigenvalue weighted by Crippen LogP contribution is -2.18. The Labute approximate surface area is 127 Å². The van der Waals surface area contributed by atoms with Crippen LogP contribution in [-0.2, 0) is 0 Å². The SMILES string of the molecule is COc1ccc([C@H](C)CN/C(C)=C/c2ccccc2)cc1. The molecule has 0 bridgehead atoms. The van der Waals surface area contributed by atoms with E-state index in [-0.39, 0.29) is 0 Å². The summed E-state index contributed by atoms with van der Waals surface area (Å²) in [5, 5.41) is 3.49. The Morgan fingerprint density at radius 3 is 2.38 bits per heavy atom. The summed E-state index contributed by atoms with van der Waals surface area (Å²) < 4.78 is 5.19. The topological polar surface area (TPSA) is 21.3 Å². The van der Waals surface area contributed by atoms with Gasteiger partial charge in [-0.3, -0.25) is 0 Å². The van der Waals surface area contributed by atoms with Crippen LogP contribution in [0.5, 0.6) is 5.75 Å². The minimum absolute atomic E-state index is 0.454. The van der Waals surface area contributed by atoms with Crippen molar-refractivity contribution in [3.05, 3.63) is 71.4 Å². The van der Waals surface area contributed by atoms with E-state index in [4.69, 9.17) is 4.74 Å². The molecule has 0 saturated heterocycles. The van der Waals surface area contributed by atoms with Gasteiger partial charge in [0.05, 0.1) is 7.11 Å². The van der Waals surface area contributed by atoms with Crippen molar-refractivity contribution in [2.45, 2.75) is 19.8 Å². The minimum Gasteiger partial charge on any atom is -0.497 e. The quantitative estimate of drug-likeness (QED) is 0.844. The van der Waals surface area contributed by atoms with E-state index in [1.165, 1.54) is 16.8 Å². The van der Waals surface area contributed by atoms with Gasteiger partial charge < -0.3 is 10.1 Å². The predicted octanol–water partition coefficient (Wildman–Crippen LogP) is 4.45. The van der Waals surface area contributed by atoms with Gasteiger partial charge in [-0.1, -0.05) is 49.4 Å². The molecule has 21 heavy (non-hydrogen) atoms. The maximum Gasteiger partial charge on any atom is 0.118 e. The molecule has 0 amide bonds. The molecular weight excluding hydrogens is 258 g/mol. The number of ether oxygens (including phenoxy) is 1. The van der Waals surface area contributed by atoms with E-state index in [1.807, 2.05) is 18.2 Å². The van der Waals surface area contributed by atoms with E-state index in [0.29, 0.717) is 5.92 Å². The van der Waals surface area contributed by atoms with Gasteiger partial charge in [0.1, 0.15) is 5.75 Å². The van der Waals surface area contributed by atoms with Crippen LogP contribution in [0.3, 0.4) is 0 Å². The Kier molecular flexibility index (Phi) is 5.44. The highest BCUT2D eigenvalue weighted by atomic mass is 16.5. The van der Waals surface area contributed by atoms with Crippen molar-refractivity contribution in [3.8, 4) is 5.75 Å². The average molecular weight is 281 g/mol. The molecule has 0 aliphatic rings. The normalized spacial score (nSPS) is 12.8. The smallest absolute Gasteiger partial charge is 0.118 e. The Balaban J connectivity index is 1.91. The molecule has 0 aromatic heterocycles. The second-order valence-corrected chi connectivity index (χ2v) is 5.29.